The number of pyridine rings is 1. The number of carbonyl (C=O) groups is 1. The summed E-state index contributed by atoms with van der Waals surface area (Å²) in [7, 11) is 1.61. The first-order chi connectivity index (χ1) is 11.0. The van der Waals surface area contributed by atoms with Gasteiger partial charge >= 0.3 is 0 Å². The summed E-state index contributed by atoms with van der Waals surface area (Å²) < 4.78 is 10.9. The summed E-state index contributed by atoms with van der Waals surface area (Å²) in [5.74, 6) is 1.42. The second kappa shape index (κ2) is 7.69. The average molecular weight is 336 g/mol. The van der Waals surface area contributed by atoms with Gasteiger partial charge in [0.2, 0.25) is 5.91 Å². The number of nitrogens with two attached hydrogens (primary N) is 1. The van der Waals surface area contributed by atoms with Gasteiger partial charge in [0.25, 0.3) is 0 Å². The van der Waals surface area contributed by atoms with Gasteiger partial charge < -0.3 is 20.5 Å². The zero-order valence-electron chi connectivity index (χ0n) is 12.9. The molecule has 0 saturated carbocycles. The Balaban J connectivity index is 1.90. The normalized spacial score (nSPS) is 11.6. The van der Waals surface area contributed by atoms with Crippen molar-refractivity contribution in [2.45, 2.75) is 13.0 Å². The minimum Gasteiger partial charge on any atom is -0.497 e. The fraction of sp³-hybridized carbons (Fsp3) is 0.250. The van der Waals surface area contributed by atoms with Gasteiger partial charge in [-0.2, -0.15) is 0 Å². The van der Waals surface area contributed by atoms with E-state index in [9.17, 15) is 4.79 Å². The van der Waals surface area contributed by atoms with Gasteiger partial charge in [0, 0.05) is 6.20 Å². The van der Waals surface area contributed by atoms with Crippen molar-refractivity contribution in [3.63, 3.8) is 0 Å². The number of ether oxygens (including phenoxy) is 2. The van der Waals surface area contributed by atoms with Gasteiger partial charge in [-0.25, -0.2) is 4.98 Å². The van der Waals surface area contributed by atoms with Gasteiger partial charge in [-0.05, 0) is 37.3 Å². The Labute approximate surface area is 139 Å². The molecule has 3 N–H and O–H groups in total. The molecular formula is C16H18ClN3O3. The van der Waals surface area contributed by atoms with Crippen LogP contribution in [-0.4, -0.2) is 30.6 Å². The molecule has 0 aliphatic carbocycles. The summed E-state index contributed by atoms with van der Waals surface area (Å²) in [4.78, 5) is 15.1. The van der Waals surface area contributed by atoms with Crippen LogP contribution in [0.15, 0.2) is 36.5 Å². The van der Waals surface area contributed by atoms with E-state index in [0.29, 0.717) is 17.4 Å². The van der Waals surface area contributed by atoms with Crippen molar-refractivity contribution in [3.05, 3.63) is 47.1 Å². The molecule has 1 aromatic heterocycles. The minimum absolute atomic E-state index is 0.114. The molecule has 0 fully saturated rings. The van der Waals surface area contributed by atoms with Gasteiger partial charge in [0.05, 0.1) is 24.2 Å². The molecule has 23 heavy (non-hydrogen) atoms. The molecule has 0 bridgehead atoms. The fourth-order valence-electron chi connectivity index (χ4n) is 1.87. The van der Waals surface area contributed by atoms with Gasteiger partial charge in [-0.1, -0.05) is 11.6 Å². The lowest BCUT2D eigenvalue weighted by Gasteiger charge is -2.16. The maximum atomic E-state index is 11.1. The van der Waals surface area contributed by atoms with E-state index in [-0.39, 0.29) is 11.7 Å². The van der Waals surface area contributed by atoms with Crippen LogP contribution in [-0.2, 0) is 0 Å². The van der Waals surface area contributed by atoms with Crippen LogP contribution in [0.1, 0.15) is 17.3 Å². The number of methoxy groups -OCH3 is 1. The van der Waals surface area contributed by atoms with Crippen LogP contribution in [0.5, 0.6) is 11.5 Å². The highest BCUT2D eigenvalue weighted by Crippen LogP contribution is 2.21. The summed E-state index contributed by atoms with van der Waals surface area (Å²) in [6.07, 6.45) is 1.27. The highest BCUT2D eigenvalue weighted by Gasteiger charge is 2.09. The third-order valence-electron chi connectivity index (χ3n) is 3.08. The Morgan fingerprint density at radius 2 is 2.00 bits per heavy atom. The average Bonchev–Trinajstić information content (AvgIpc) is 2.54. The zero-order valence-corrected chi connectivity index (χ0v) is 13.6. The summed E-state index contributed by atoms with van der Waals surface area (Å²) >= 11 is 6.06. The molecule has 1 aromatic carbocycles. The molecule has 2 rings (SSSR count). The molecular weight excluding hydrogens is 318 g/mol. The maximum absolute atomic E-state index is 11.1. The molecule has 122 valence electrons. The lowest BCUT2D eigenvalue weighted by Crippen LogP contribution is -2.23. The molecule has 1 unspecified atom stereocenters. The third kappa shape index (κ3) is 4.75. The first kappa shape index (κ1) is 16.9. The largest absolute Gasteiger partial charge is 0.497 e. The van der Waals surface area contributed by atoms with Crippen molar-refractivity contribution >= 4 is 23.3 Å². The first-order valence-corrected chi connectivity index (χ1v) is 7.37. The quantitative estimate of drug-likeness (QED) is 0.812. The van der Waals surface area contributed by atoms with E-state index in [2.05, 4.69) is 10.3 Å². The fourth-order valence-corrected chi connectivity index (χ4v) is 2.10. The summed E-state index contributed by atoms with van der Waals surface area (Å²) in [5, 5.41) is 3.41. The van der Waals surface area contributed by atoms with E-state index in [1.165, 1.54) is 12.3 Å². The van der Waals surface area contributed by atoms with E-state index >= 15 is 0 Å². The SMILES string of the molecule is COc1ccc(OC(C)CNc2ncc(C(N)=O)cc2Cl)cc1. The second-order valence-electron chi connectivity index (χ2n) is 4.90. The summed E-state index contributed by atoms with van der Waals surface area (Å²) in [6.45, 7) is 2.41. The predicted molar refractivity (Wildman–Crippen MR) is 89.3 cm³/mol. The molecule has 0 radical (unpaired) electrons. The number of hydrogen-bond donors (Lipinski definition) is 2. The molecule has 2 aromatic rings. The molecule has 1 atom stereocenters. The lowest BCUT2D eigenvalue weighted by atomic mass is 10.2. The van der Waals surface area contributed by atoms with E-state index in [1.54, 1.807) is 7.11 Å². The number of anilines is 1. The third-order valence-corrected chi connectivity index (χ3v) is 3.37. The smallest absolute Gasteiger partial charge is 0.250 e. The Morgan fingerprint density at radius 3 is 2.57 bits per heavy atom. The molecule has 1 amide bonds. The minimum atomic E-state index is -0.567. The van der Waals surface area contributed by atoms with Crippen molar-refractivity contribution in [1.82, 2.24) is 4.98 Å². The number of rotatable bonds is 7. The molecule has 1 heterocycles. The van der Waals surface area contributed by atoms with Crippen molar-refractivity contribution in [1.29, 1.82) is 0 Å². The lowest BCUT2D eigenvalue weighted by molar-refractivity contribution is 0.1000. The summed E-state index contributed by atoms with van der Waals surface area (Å²) in [5.41, 5.74) is 5.44. The number of nitrogens with one attached hydrogen (secondary N) is 1. The number of aromatic nitrogens is 1. The van der Waals surface area contributed by atoms with Gasteiger partial charge in [0.1, 0.15) is 23.4 Å². The number of benzene rings is 1. The molecule has 0 saturated heterocycles. The zero-order chi connectivity index (χ0) is 16.8. The highest BCUT2D eigenvalue weighted by atomic mass is 35.5. The number of nitrogens with zero attached hydrogens (tertiary/aromatic N) is 1. The van der Waals surface area contributed by atoms with Crippen LogP contribution in [0.4, 0.5) is 5.82 Å². The Kier molecular flexibility index (Phi) is 5.65. The standard InChI is InChI=1S/C16H18ClN3O3/c1-10(23-13-5-3-12(22-2)4-6-13)8-19-16-14(17)7-11(9-20-16)15(18)21/h3-7,9-10H,8H2,1-2H3,(H2,18,21)(H,19,20). The number of primary amides is 1. The van der Waals surface area contributed by atoms with Gasteiger partial charge in [-0.15, -0.1) is 0 Å². The maximum Gasteiger partial charge on any atom is 0.250 e. The second-order valence-corrected chi connectivity index (χ2v) is 5.31. The van der Waals surface area contributed by atoms with E-state index < -0.39 is 5.91 Å². The molecule has 0 aliphatic heterocycles. The van der Waals surface area contributed by atoms with E-state index in [1.807, 2.05) is 31.2 Å². The van der Waals surface area contributed by atoms with Crippen LogP contribution < -0.4 is 20.5 Å². The highest BCUT2D eigenvalue weighted by molar-refractivity contribution is 6.33. The van der Waals surface area contributed by atoms with Crippen LogP contribution in [0.25, 0.3) is 0 Å². The van der Waals surface area contributed by atoms with Crippen LogP contribution in [0.2, 0.25) is 5.02 Å². The van der Waals surface area contributed by atoms with Crippen molar-refractivity contribution in [2.75, 3.05) is 19.0 Å². The molecule has 7 heteroatoms. The Bertz CT molecular complexity index is 677. The predicted octanol–water partition coefficient (Wildman–Crippen LogP) is 2.72. The number of halogens is 1. The van der Waals surface area contributed by atoms with Gasteiger partial charge in [0.15, 0.2) is 0 Å². The van der Waals surface area contributed by atoms with Crippen molar-refractivity contribution < 1.29 is 14.3 Å². The first-order valence-electron chi connectivity index (χ1n) is 6.99. The van der Waals surface area contributed by atoms with Crippen LogP contribution in [0.3, 0.4) is 0 Å². The number of hydrogen-bond acceptors (Lipinski definition) is 5. The van der Waals surface area contributed by atoms with Crippen molar-refractivity contribution in [3.8, 4) is 11.5 Å². The van der Waals surface area contributed by atoms with E-state index in [4.69, 9.17) is 26.8 Å². The number of carbonyl (C=O) groups excluding carboxylic acids is 1. The Morgan fingerprint density at radius 1 is 1.35 bits per heavy atom. The molecule has 0 spiro atoms. The summed E-state index contributed by atoms with van der Waals surface area (Å²) in [6, 6.07) is 8.81. The molecule has 6 nitrogen and oxygen atoms in total. The van der Waals surface area contributed by atoms with Gasteiger partial charge in [-0.3, -0.25) is 4.79 Å². The number of amides is 1. The van der Waals surface area contributed by atoms with Crippen molar-refractivity contribution in [2.24, 2.45) is 5.73 Å². The topological polar surface area (TPSA) is 86.5 Å². The van der Waals surface area contributed by atoms with Crippen LogP contribution in [0, 0.1) is 0 Å². The monoisotopic (exact) mass is 335 g/mol. The van der Waals surface area contributed by atoms with E-state index in [0.717, 1.165) is 11.5 Å². The molecule has 0 aliphatic rings. The Hall–Kier alpha value is -2.47. The van der Waals surface area contributed by atoms with Crippen LogP contribution >= 0.6 is 11.6 Å².